The largest absolute Gasteiger partial charge is 0.302 e. The van der Waals surface area contributed by atoms with Gasteiger partial charge in [0, 0.05) is 25.0 Å². The molecule has 2 aromatic rings. The van der Waals surface area contributed by atoms with E-state index in [1.165, 1.54) is 0 Å². The molecule has 0 spiro atoms. The molecule has 0 aliphatic heterocycles. The van der Waals surface area contributed by atoms with Crippen LogP contribution in [0.4, 0.5) is 0 Å². The Hall–Kier alpha value is -1.64. The lowest BCUT2D eigenvalue weighted by Crippen LogP contribution is -1.98. The summed E-state index contributed by atoms with van der Waals surface area (Å²) in [6, 6.07) is 3.94. The van der Waals surface area contributed by atoms with Crippen LogP contribution >= 0.6 is 0 Å². The molecule has 14 heavy (non-hydrogen) atoms. The highest BCUT2D eigenvalue weighted by atomic mass is 15.1. The monoisotopic (exact) mass is 186 g/mol. The molecule has 0 atom stereocenters. The quantitative estimate of drug-likeness (QED) is 0.736. The van der Waals surface area contributed by atoms with Crippen molar-refractivity contribution < 1.29 is 0 Å². The van der Waals surface area contributed by atoms with E-state index in [1.807, 2.05) is 29.1 Å². The Labute approximate surface area is 83.4 Å². The molecule has 2 aromatic heterocycles. The smallest absolute Gasteiger partial charge is 0.117 e. The van der Waals surface area contributed by atoms with Gasteiger partial charge >= 0.3 is 0 Å². The molecular weight excluding hydrogens is 174 g/mol. The molecule has 0 aliphatic carbocycles. The fourth-order valence-corrected chi connectivity index (χ4v) is 1.36. The molecule has 2 rings (SSSR count). The van der Waals surface area contributed by atoms with E-state index >= 15 is 0 Å². The van der Waals surface area contributed by atoms with Gasteiger partial charge in [-0.15, -0.1) is 0 Å². The molecule has 2 heterocycles. The SMILES string of the molecule is CC[CH]c1nccn1-c1cccnc1. The van der Waals surface area contributed by atoms with Crippen molar-refractivity contribution in [2.75, 3.05) is 0 Å². The zero-order valence-corrected chi connectivity index (χ0v) is 8.09. The van der Waals surface area contributed by atoms with Gasteiger partial charge in [0.15, 0.2) is 0 Å². The lowest BCUT2D eigenvalue weighted by atomic mass is 10.3. The number of hydrogen-bond donors (Lipinski definition) is 0. The van der Waals surface area contributed by atoms with Gasteiger partial charge in [-0.25, -0.2) is 4.98 Å². The van der Waals surface area contributed by atoms with Crippen molar-refractivity contribution in [2.45, 2.75) is 13.3 Å². The van der Waals surface area contributed by atoms with E-state index in [0.29, 0.717) is 0 Å². The van der Waals surface area contributed by atoms with Gasteiger partial charge in [-0.05, 0) is 18.6 Å². The van der Waals surface area contributed by atoms with Crippen LogP contribution in [0.1, 0.15) is 19.2 Å². The third-order valence-electron chi connectivity index (χ3n) is 1.98. The van der Waals surface area contributed by atoms with E-state index in [4.69, 9.17) is 0 Å². The van der Waals surface area contributed by atoms with E-state index in [-0.39, 0.29) is 0 Å². The minimum absolute atomic E-state index is 0.973. The van der Waals surface area contributed by atoms with Crippen molar-refractivity contribution in [1.82, 2.24) is 14.5 Å². The summed E-state index contributed by atoms with van der Waals surface area (Å²) in [5.74, 6) is 0.973. The second kappa shape index (κ2) is 4.05. The normalized spacial score (nSPS) is 10.4. The summed E-state index contributed by atoms with van der Waals surface area (Å²) in [5.41, 5.74) is 1.05. The first-order valence-corrected chi connectivity index (χ1v) is 4.68. The van der Waals surface area contributed by atoms with Gasteiger partial charge in [0.05, 0.1) is 11.9 Å². The van der Waals surface area contributed by atoms with Crippen LogP contribution in [0, 0.1) is 6.42 Å². The summed E-state index contributed by atoms with van der Waals surface area (Å²) >= 11 is 0. The standard InChI is InChI=1S/C11H12N3/c1-2-4-11-13-7-8-14(11)10-5-3-6-12-9-10/h3-9H,2H2,1H3. The highest BCUT2D eigenvalue weighted by molar-refractivity contribution is 5.31. The Bertz CT molecular complexity index is 392. The number of pyridine rings is 1. The van der Waals surface area contributed by atoms with E-state index in [0.717, 1.165) is 17.9 Å². The average Bonchev–Trinajstić information content (AvgIpc) is 2.68. The molecule has 0 fully saturated rings. The number of hydrogen-bond acceptors (Lipinski definition) is 2. The molecule has 0 unspecified atom stereocenters. The van der Waals surface area contributed by atoms with Gasteiger partial charge in [-0.2, -0.15) is 0 Å². The Morgan fingerprint density at radius 2 is 2.36 bits per heavy atom. The van der Waals surface area contributed by atoms with E-state index in [1.54, 1.807) is 12.4 Å². The maximum Gasteiger partial charge on any atom is 0.117 e. The van der Waals surface area contributed by atoms with Gasteiger partial charge in [-0.3, -0.25) is 4.98 Å². The van der Waals surface area contributed by atoms with Gasteiger partial charge in [0.1, 0.15) is 5.82 Å². The first kappa shape index (κ1) is 8.94. The second-order valence-corrected chi connectivity index (χ2v) is 2.98. The highest BCUT2D eigenvalue weighted by Crippen LogP contribution is 2.11. The minimum atomic E-state index is 0.973. The molecule has 3 nitrogen and oxygen atoms in total. The fraction of sp³-hybridized carbons (Fsp3) is 0.182. The third-order valence-corrected chi connectivity index (χ3v) is 1.98. The lowest BCUT2D eigenvalue weighted by Gasteiger charge is -2.05. The summed E-state index contributed by atoms with van der Waals surface area (Å²) < 4.78 is 2.02. The predicted molar refractivity (Wildman–Crippen MR) is 55.1 cm³/mol. The fourth-order valence-electron chi connectivity index (χ4n) is 1.36. The highest BCUT2D eigenvalue weighted by Gasteiger charge is 2.02. The van der Waals surface area contributed by atoms with Crippen LogP contribution in [0.25, 0.3) is 5.69 Å². The van der Waals surface area contributed by atoms with Crippen molar-refractivity contribution in [2.24, 2.45) is 0 Å². The summed E-state index contributed by atoms with van der Waals surface area (Å²) in [6.07, 6.45) is 10.4. The van der Waals surface area contributed by atoms with E-state index < -0.39 is 0 Å². The first-order chi connectivity index (χ1) is 6.92. The molecule has 0 saturated heterocycles. The van der Waals surface area contributed by atoms with E-state index in [9.17, 15) is 0 Å². The lowest BCUT2D eigenvalue weighted by molar-refractivity contribution is 0.936. The Morgan fingerprint density at radius 3 is 3.07 bits per heavy atom. The van der Waals surface area contributed by atoms with Crippen molar-refractivity contribution in [1.29, 1.82) is 0 Å². The molecule has 0 amide bonds. The summed E-state index contributed by atoms with van der Waals surface area (Å²) in [6.45, 7) is 2.10. The van der Waals surface area contributed by atoms with Crippen molar-refractivity contribution >= 4 is 0 Å². The van der Waals surface area contributed by atoms with Crippen molar-refractivity contribution in [3.63, 3.8) is 0 Å². The van der Waals surface area contributed by atoms with E-state index in [2.05, 4.69) is 23.3 Å². The topological polar surface area (TPSA) is 30.7 Å². The second-order valence-electron chi connectivity index (χ2n) is 2.98. The van der Waals surface area contributed by atoms with Crippen LogP contribution in [0.2, 0.25) is 0 Å². The molecule has 0 saturated carbocycles. The van der Waals surface area contributed by atoms with Crippen molar-refractivity contribution in [3.8, 4) is 5.69 Å². The molecule has 3 heteroatoms. The van der Waals surface area contributed by atoms with Crippen LogP contribution in [0.15, 0.2) is 36.9 Å². The van der Waals surface area contributed by atoms with Crippen LogP contribution in [0.3, 0.4) is 0 Å². The van der Waals surface area contributed by atoms with Gasteiger partial charge in [-0.1, -0.05) is 6.92 Å². The van der Waals surface area contributed by atoms with Crippen LogP contribution in [-0.4, -0.2) is 14.5 Å². The maximum absolute atomic E-state index is 4.26. The number of rotatable bonds is 3. The number of aromatic nitrogens is 3. The van der Waals surface area contributed by atoms with Crippen LogP contribution in [-0.2, 0) is 0 Å². The molecule has 1 radical (unpaired) electrons. The molecule has 0 N–H and O–H groups in total. The zero-order chi connectivity index (χ0) is 9.80. The molecule has 0 aliphatic rings. The Balaban J connectivity index is 2.37. The summed E-state index contributed by atoms with van der Waals surface area (Å²) in [5, 5.41) is 0. The number of imidazole rings is 1. The van der Waals surface area contributed by atoms with Crippen molar-refractivity contribution in [3.05, 3.63) is 49.2 Å². The summed E-state index contributed by atoms with van der Waals surface area (Å²) in [4.78, 5) is 8.34. The minimum Gasteiger partial charge on any atom is -0.302 e. The predicted octanol–water partition coefficient (Wildman–Crippen LogP) is 2.23. The van der Waals surface area contributed by atoms with Crippen LogP contribution in [0.5, 0.6) is 0 Å². The molecular formula is C11H12N3. The van der Waals surface area contributed by atoms with Gasteiger partial charge in [0.25, 0.3) is 0 Å². The van der Waals surface area contributed by atoms with Gasteiger partial charge < -0.3 is 4.57 Å². The average molecular weight is 186 g/mol. The first-order valence-electron chi connectivity index (χ1n) is 4.68. The third kappa shape index (κ3) is 1.66. The molecule has 0 aromatic carbocycles. The zero-order valence-electron chi connectivity index (χ0n) is 8.09. The van der Waals surface area contributed by atoms with Gasteiger partial charge in [0.2, 0.25) is 0 Å². The number of nitrogens with zero attached hydrogens (tertiary/aromatic N) is 3. The molecule has 71 valence electrons. The maximum atomic E-state index is 4.26. The Morgan fingerprint density at radius 1 is 1.43 bits per heavy atom. The molecule has 0 bridgehead atoms. The Kier molecular flexibility index (Phi) is 2.58. The summed E-state index contributed by atoms with van der Waals surface area (Å²) in [7, 11) is 0. The van der Waals surface area contributed by atoms with Crippen LogP contribution < -0.4 is 0 Å².